The molecule has 0 saturated carbocycles. The maximum atomic E-state index is 13.5. The van der Waals surface area contributed by atoms with Crippen molar-refractivity contribution in [3.05, 3.63) is 57.5 Å². The standard InChI is InChI=1S/C14H10F4OS/c15-12-3-2-10(14(16,17)18)7-11(12)13(19)4-1-9-5-6-20-8-9/h2-3,5-8H,1,4H2. The van der Waals surface area contributed by atoms with E-state index < -0.39 is 28.9 Å². The quantitative estimate of drug-likeness (QED) is 0.590. The fourth-order valence-electron chi connectivity index (χ4n) is 1.74. The van der Waals surface area contributed by atoms with Gasteiger partial charge in [-0.05, 0) is 47.0 Å². The number of carbonyl (C=O) groups is 1. The highest BCUT2D eigenvalue weighted by Gasteiger charge is 2.31. The molecule has 0 N–H and O–H groups in total. The molecule has 2 aromatic rings. The highest BCUT2D eigenvalue weighted by Crippen LogP contribution is 2.30. The van der Waals surface area contributed by atoms with Gasteiger partial charge in [-0.3, -0.25) is 4.79 Å². The fraction of sp³-hybridized carbons (Fsp3) is 0.214. The summed E-state index contributed by atoms with van der Waals surface area (Å²) in [6, 6.07) is 3.71. The van der Waals surface area contributed by atoms with Crippen LogP contribution in [0.4, 0.5) is 17.6 Å². The minimum absolute atomic E-state index is 0.0189. The van der Waals surface area contributed by atoms with Gasteiger partial charge in [0.05, 0.1) is 11.1 Å². The van der Waals surface area contributed by atoms with Crippen molar-refractivity contribution in [2.45, 2.75) is 19.0 Å². The Bertz CT molecular complexity index is 602. The largest absolute Gasteiger partial charge is 0.416 e. The molecule has 106 valence electrons. The summed E-state index contributed by atoms with van der Waals surface area (Å²) in [6.07, 6.45) is -4.22. The highest BCUT2D eigenvalue weighted by molar-refractivity contribution is 7.07. The first-order chi connectivity index (χ1) is 9.38. The maximum absolute atomic E-state index is 13.5. The molecule has 1 aromatic heterocycles. The van der Waals surface area contributed by atoms with Gasteiger partial charge in [-0.25, -0.2) is 4.39 Å². The number of benzene rings is 1. The van der Waals surface area contributed by atoms with Crippen LogP contribution in [0.3, 0.4) is 0 Å². The van der Waals surface area contributed by atoms with Gasteiger partial charge in [-0.15, -0.1) is 0 Å². The number of halogens is 4. The van der Waals surface area contributed by atoms with Crippen molar-refractivity contribution < 1.29 is 22.4 Å². The number of Topliss-reactive ketones (excluding diaryl/α,β-unsaturated/α-hetero) is 1. The number of hydrogen-bond donors (Lipinski definition) is 0. The molecular weight excluding hydrogens is 292 g/mol. The molecule has 1 heterocycles. The SMILES string of the molecule is O=C(CCc1ccsc1)c1cc(C(F)(F)F)ccc1F. The molecule has 6 heteroatoms. The Labute approximate surface area is 116 Å². The molecule has 2 rings (SSSR count). The monoisotopic (exact) mass is 302 g/mol. The van der Waals surface area contributed by atoms with E-state index in [1.54, 1.807) is 0 Å². The zero-order valence-corrected chi connectivity index (χ0v) is 11.0. The van der Waals surface area contributed by atoms with Gasteiger partial charge in [-0.1, -0.05) is 0 Å². The van der Waals surface area contributed by atoms with Crippen LogP contribution in [0.2, 0.25) is 0 Å². The molecule has 0 bridgehead atoms. The van der Waals surface area contributed by atoms with Crippen molar-refractivity contribution in [1.82, 2.24) is 0 Å². The molecular formula is C14H10F4OS. The minimum Gasteiger partial charge on any atom is -0.294 e. The third kappa shape index (κ3) is 3.45. The number of ketones is 1. The van der Waals surface area contributed by atoms with Gasteiger partial charge < -0.3 is 0 Å². The summed E-state index contributed by atoms with van der Waals surface area (Å²) >= 11 is 1.46. The zero-order valence-electron chi connectivity index (χ0n) is 10.2. The van der Waals surface area contributed by atoms with Crippen molar-refractivity contribution in [2.75, 3.05) is 0 Å². The van der Waals surface area contributed by atoms with E-state index in [-0.39, 0.29) is 6.42 Å². The molecule has 1 aromatic carbocycles. The zero-order chi connectivity index (χ0) is 14.8. The number of carbonyl (C=O) groups excluding carboxylic acids is 1. The van der Waals surface area contributed by atoms with Gasteiger partial charge in [-0.2, -0.15) is 24.5 Å². The number of rotatable bonds is 4. The second-order valence-corrected chi connectivity index (χ2v) is 5.03. The van der Waals surface area contributed by atoms with Crippen LogP contribution >= 0.6 is 11.3 Å². The summed E-state index contributed by atoms with van der Waals surface area (Å²) in [5.41, 5.74) is -0.608. The molecule has 0 amide bonds. The average molecular weight is 302 g/mol. The number of hydrogen-bond acceptors (Lipinski definition) is 2. The lowest BCUT2D eigenvalue weighted by Crippen LogP contribution is -2.10. The van der Waals surface area contributed by atoms with E-state index in [1.165, 1.54) is 11.3 Å². The molecule has 0 aliphatic rings. The van der Waals surface area contributed by atoms with Crippen molar-refractivity contribution in [3.8, 4) is 0 Å². The van der Waals surface area contributed by atoms with Crippen LogP contribution in [-0.2, 0) is 12.6 Å². The number of aryl methyl sites for hydroxylation is 1. The van der Waals surface area contributed by atoms with Crippen molar-refractivity contribution in [3.63, 3.8) is 0 Å². The highest BCUT2D eigenvalue weighted by atomic mass is 32.1. The Kier molecular flexibility index (Phi) is 4.23. The molecule has 0 fully saturated rings. The number of alkyl halides is 3. The van der Waals surface area contributed by atoms with E-state index in [0.717, 1.165) is 5.56 Å². The van der Waals surface area contributed by atoms with Crippen LogP contribution in [0.15, 0.2) is 35.0 Å². The Hall–Kier alpha value is -1.69. The summed E-state index contributed by atoms with van der Waals surface area (Å²) in [7, 11) is 0. The summed E-state index contributed by atoms with van der Waals surface area (Å²) < 4.78 is 51.1. The van der Waals surface area contributed by atoms with Gasteiger partial charge in [0.25, 0.3) is 0 Å². The molecule has 0 aliphatic heterocycles. The predicted molar refractivity (Wildman–Crippen MR) is 68.4 cm³/mol. The minimum atomic E-state index is -4.59. The number of thiophene rings is 1. The second-order valence-electron chi connectivity index (χ2n) is 4.25. The van der Waals surface area contributed by atoms with Gasteiger partial charge in [0.1, 0.15) is 5.82 Å². The molecule has 0 atom stereocenters. The van der Waals surface area contributed by atoms with Crippen LogP contribution in [0.25, 0.3) is 0 Å². The van der Waals surface area contributed by atoms with Gasteiger partial charge in [0, 0.05) is 6.42 Å². The van der Waals surface area contributed by atoms with E-state index in [1.807, 2.05) is 16.8 Å². The Morgan fingerprint density at radius 3 is 2.55 bits per heavy atom. The van der Waals surface area contributed by atoms with Gasteiger partial charge in [0.15, 0.2) is 5.78 Å². The second kappa shape index (κ2) is 5.75. The third-order valence-electron chi connectivity index (χ3n) is 2.81. The van der Waals surface area contributed by atoms with E-state index in [9.17, 15) is 22.4 Å². The third-order valence-corrected chi connectivity index (χ3v) is 3.55. The molecule has 0 spiro atoms. The maximum Gasteiger partial charge on any atom is 0.416 e. The van der Waals surface area contributed by atoms with E-state index in [2.05, 4.69) is 0 Å². The van der Waals surface area contributed by atoms with Crippen LogP contribution in [0.1, 0.15) is 27.9 Å². The first-order valence-electron chi connectivity index (χ1n) is 5.79. The lowest BCUT2D eigenvalue weighted by Gasteiger charge is -2.09. The average Bonchev–Trinajstić information content (AvgIpc) is 2.88. The lowest BCUT2D eigenvalue weighted by atomic mass is 10.0. The van der Waals surface area contributed by atoms with Crippen molar-refractivity contribution >= 4 is 17.1 Å². The molecule has 0 radical (unpaired) electrons. The predicted octanol–water partition coefficient (Wildman–Crippen LogP) is 4.72. The van der Waals surface area contributed by atoms with E-state index in [0.29, 0.717) is 24.6 Å². The summed E-state index contributed by atoms with van der Waals surface area (Å²) in [5.74, 6) is -1.55. The molecule has 20 heavy (non-hydrogen) atoms. The topological polar surface area (TPSA) is 17.1 Å². The van der Waals surface area contributed by atoms with E-state index >= 15 is 0 Å². The summed E-state index contributed by atoms with van der Waals surface area (Å²) in [6.45, 7) is 0. The van der Waals surface area contributed by atoms with Gasteiger partial charge >= 0.3 is 6.18 Å². The van der Waals surface area contributed by atoms with Crippen LogP contribution < -0.4 is 0 Å². The first-order valence-corrected chi connectivity index (χ1v) is 6.73. The molecule has 0 aliphatic carbocycles. The van der Waals surface area contributed by atoms with Crippen molar-refractivity contribution in [2.24, 2.45) is 0 Å². The molecule has 1 nitrogen and oxygen atoms in total. The molecule has 0 unspecified atom stereocenters. The summed E-state index contributed by atoms with van der Waals surface area (Å²) in [4.78, 5) is 11.8. The summed E-state index contributed by atoms with van der Waals surface area (Å²) in [5, 5.41) is 3.68. The van der Waals surface area contributed by atoms with E-state index in [4.69, 9.17) is 0 Å². The molecule has 0 saturated heterocycles. The Balaban J connectivity index is 2.16. The lowest BCUT2D eigenvalue weighted by molar-refractivity contribution is -0.137. The van der Waals surface area contributed by atoms with Crippen LogP contribution in [0, 0.1) is 5.82 Å². The Morgan fingerprint density at radius 2 is 1.95 bits per heavy atom. The normalized spacial score (nSPS) is 11.6. The van der Waals surface area contributed by atoms with Crippen LogP contribution in [0.5, 0.6) is 0 Å². The van der Waals surface area contributed by atoms with Crippen molar-refractivity contribution in [1.29, 1.82) is 0 Å². The van der Waals surface area contributed by atoms with Crippen LogP contribution in [-0.4, -0.2) is 5.78 Å². The smallest absolute Gasteiger partial charge is 0.294 e. The van der Waals surface area contributed by atoms with Gasteiger partial charge in [0.2, 0.25) is 0 Å². The Morgan fingerprint density at radius 1 is 1.20 bits per heavy atom. The first kappa shape index (κ1) is 14.7. The fourth-order valence-corrected chi connectivity index (χ4v) is 2.45.